The van der Waals surface area contributed by atoms with Crippen LogP contribution in [0.1, 0.15) is 47.0 Å². The van der Waals surface area contributed by atoms with Crippen molar-refractivity contribution in [2.24, 2.45) is 10.8 Å². The Hall–Kier alpha value is -2.18. The minimum Gasteiger partial charge on any atom is -0.468 e. The Bertz CT molecular complexity index is 591. The normalized spacial score (nSPS) is 16.4. The first-order valence-electron chi connectivity index (χ1n) is 8.01. The zero-order valence-electron chi connectivity index (χ0n) is 15.7. The van der Waals surface area contributed by atoms with Crippen molar-refractivity contribution in [1.82, 2.24) is 0 Å². The molecule has 0 radical (unpaired) electrons. The third-order valence-corrected chi connectivity index (χ3v) is 4.06. The third kappa shape index (κ3) is 4.90. The largest absolute Gasteiger partial charge is 0.468 e. The maximum atomic E-state index is 12.5. The van der Waals surface area contributed by atoms with Crippen LogP contribution in [0.4, 0.5) is 0 Å². The summed E-state index contributed by atoms with van der Waals surface area (Å²) < 4.78 is 14.4. The Morgan fingerprint density at radius 3 is 1.92 bits per heavy atom. The molecule has 0 atom stereocenters. The monoisotopic (exact) mass is 354 g/mol. The molecule has 0 unspecified atom stereocenters. The van der Waals surface area contributed by atoms with E-state index in [1.807, 2.05) is 20.8 Å². The SMILES string of the molecule is COC(=O)C1(C(=O)OC)CC(CC(C)(C)C)=C(C(=O)COC(C)=O)C1. The number of rotatable bonds is 6. The van der Waals surface area contributed by atoms with Crippen LogP contribution in [0.25, 0.3) is 0 Å². The fourth-order valence-electron chi connectivity index (χ4n) is 3.08. The molecule has 0 saturated carbocycles. The smallest absolute Gasteiger partial charge is 0.323 e. The highest BCUT2D eigenvalue weighted by Gasteiger charge is 2.54. The van der Waals surface area contributed by atoms with Gasteiger partial charge in [-0.15, -0.1) is 0 Å². The van der Waals surface area contributed by atoms with Gasteiger partial charge in [0.05, 0.1) is 14.2 Å². The van der Waals surface area contributed by atoms with Gasteiger partial charge in [0.15, 0.2) is 17.8 Å². The van der Waals surface area contributed by atoms with E-state index in [9.17, 15) is 19.2 Å². The summed E-state index contributed by atoms with van der Waals surface area (Å²) in [5, 5.41) is 0. The van der Waals surface area contributed by atoms with E-state index in [2.05, 4.69) is 0 Å². The number of allylic oxidation sites excluding steroid dienone is 1. The summed E-state index contributed by atoms with van der Waals surface area (Å²) in [5.74, 6) is -2.46. The van der Waals surface area contributed by atoms with Crippen molar-refractivity contribution in [3.63, 3.8) is 0 Å². The second-order valence-electron chi connectivity index (χ2n) is 7.44. The number of ether oxygens (including phenoxy) is 3. The van der Waals surface area contributed by atoms with E-state index in [1.54, 1.807) is 0 Å². The van der Waals surface area contributed by atoms with Gasteiger partial charge in [-0.1, -0.05) is 26.3 Å². The molecule has 140 valence electrons. The molecule has 7 nitrogen and oxygen atoms in total. The van der Waals surface area contributed by atoms with Crippen molar-refractivity contribution in [2.45, 2.75) is 47.0 Å². The molecular weight excluding hydrogens is 328 g/mol. The molecule has 7 heteroatoms. The van der Waals surface area contributed by atoms with Crippen LogP contribution in [0.5, 0.6) is 0 Å². The van der Waals surface area contributed by atoms with Gasteiger partial charge in [-0.2, -0.15) is 0 Å². The Morgan fingerprint density at radius 1 is 1.00 bits per heavy atom. The van der Waals surface area contributed by atoms with Crippen LogP contribution in [0, 0.1) is 10.8 Å². The predicted octanol–water partition coefficient (Wildman–Crippen LogP) is 1.98. The molecule has 1 rings (SSSR count). The van der Waals surface area contributed by atoms with Gasteiger partial charge < -0.3 is 14.2 Å². The number of methoxy groups -OCH3 is 2. The van der Waals surface area contributed by atoms with Gasteiger partial charge in [0.25, 0.3) is 0 Å². The molecule has 0 spiro atoms. The second kappa shape index (κ2) is 7.80. The van der Waals surface area contributed by atoms with Crippen molar-refractivity contribution >= 4 is 23.7 Å². The maximum absolute atomic E-state index is 12.5. The number of carbonyl (C=O) groups is 4. The highest BCUT2D eigenvalue weighted by Crippen LogP contribution is 2.47. The fraction of sp³-hybridized carbons (Fsp3) is 0.667. The molecule has 0 aromatic heterocycles. The second-order valence-corrected chi connectivity index (χ2v) is 7.44. The first kappa shape index (κ1) is 20.9. The minimum absolute atomic E-state index is 0.0603. The van der Waals surface area contributed by atoms with Gasteiger partial charge in [0.2, 0.25) is 0 Å². The Kier molecular flexibility index (Phi) is 6.51. The Balaban J connectivity index is 3.26. The van der Waals surface area contributed by atoms with Crippen molar-refractivity contribution in [3.8, 4) is 0 Å². The van der Waals surface area contributed by atoms with E-state index in [1.165, 1.54) is 21.1 Å². The van der Waals surface area contributed by atoms with E-state index in [0.29, 0.717) is 17.6 Å². The molecule has 25 heavy (non-hydrogen) atoms. The molecule has 0 amide bonds. The molecule has 0 fully saturated rings. The average Bonchev–Trinajstić information content (AvgIpc) is 2.89. The van der Waals surface area contributed by atoms with Gasteiger partial charge in [-0.25, -0.2) is 0 Å². The predicted molar refractivity (Wildman–Crippen MR) is 88.4 cm³/mol. The number of hydrogen-bond donors (Lipinski definition) is 0. The van der Waals surface area contributed by atoms with Gasteiger partial charge >= 0.3 is 17.9 Å². The lowest BCUT2D eigenvalue weighted by Crippen LogP contribution is -2.40. The van der Waals surface area contributed by atoms with Gasteiger partial charge in [-0.3, -0.25) is 19.2 Å². The molecule has 1 aliphatic rings. The topological polar surface area (TPSA) is 96.0 Å². The van der Waals surface area contributed by atoms with E-state index >= 15 is 0 Å². The van der Waals surface area contributed by atoms with E-state index in [4.69, 9.17) is 14.2 Å². The molecular formula is C18H26O7. The highest BCUT2D eigenvalue weighted by atomic mass is 16.5. The van der Waals surface area contributed by atoms with Gasteiger partial charge in [0.1, 0.15) is 0 Å². The summed E-state index contributed by atoms with van der Waals surface area (Å²) in [6, 6.07) is 0. The van der Waals surface area contributed by atoms with Crippen LogP contribution in [0.15, 0.2) is 11.1 Å². The third-order valence-electron chi connectivity index (χ3n) is 4.06. The zero-order chi connectivity index (χ0) is 19.4. The summed E-state index contributed by atoms with van der Waals surface area (Å²) >= 11 is 0. The molecule has 0 aromatic carbocycles. The van der Waals surface area contributed by atoms with E-state index in [-0.39, 0.29) is 18.3 Å². The first-order valence-corrected chi connectivity index (χ1v) is 8.01. The summed E-state index contributed by atoms with van der Waals surface area (Å²) in [5.41, 5.74) is -0.692. The number of esters is 3. The average molecular weight is 354 g/mol. The quantitative estimate of drug-likeness (QED) is 0.409. The van der Waals surface area contributed by atoms with Crippen LogP contribution < -0.4 is 0 Å². The lowest BCUT2D eigenvalue weighted by Gasteiger charge is -2.25. The van der Waals surface area contributed by atoms with Crippen LogP contribution in [0.3, 0.4) is 0 Å². The summed E-state index contributed by atoms with van der Waals surface area (Å²) in [4.78, 5) is 48.2. The summed E-state index contributed by atoms with van der Waals surface area (Å²) in [6.07, 6.45) is 0.465. The van der Waals surface area contributed by atoms with Crippen LogP contribution in [-0.4, -0.2) is 44.5 Å². The lowest BCUT2D eigenvalue weighted by atomic mass is 9.81. The molecule has 0 bridgehead atoms. The minimum atomic E-state index is -1.56. The lowest BCUT2D eigenvalue weighted by molar-refractivity contribution is -0.168. The molecule has 0 aliphatic heterocycles. The molecule has 1 aliphatic carbocycles. The first-order chi connectivity index (χ1) is 11.5. The molecule has 0 heterocycles. The van der Waals surface area contributed by atoms with Gasteiger partial charge in [0, 0.05) is 13.3 Å². The number of carbonyl (C=O) groups excluding carboxylic acids is 4. The maximum Gasteiger partial charge on any atom is 0.323 e. The number of Topliss-reactive ketones (excluding diaryl/α,β-unsaturated/α-hetero) is 1. The standard InChI is InChI=1S/C18H26O7/c1-11(19)25-10-14(20)13-9-18(15(21)23-5,16(22)24-6)8-12(13)7-17(2,3)4/h7-10H2,1-6H3. The summed E-state index contributed by atoms with van der Waals surface area (Å²) in [7, 11) is 2.38. The van der Waals surface area contributed by atoms with Crippen LogP contribution in [-0.2, 0) is 33.4 Å². The van der Waals surface area contributed by atoms with E-state index < -0.39 is 35.7 Å². The van der Waals surface area contributed by atoms with Crippen molar-refractivity contribution in [1.29, 1.82) is 0 Å². The molecule has 0 saturated heterocycles. The molecule has 0 N–H and O–H groups in total. The van der Waals surface area contributed by atoms with Crippen molar-refractivity contribution in [2.75, 3.05) is 20.8 Å². The Labute approximate surface area is 147 Å². The highest BCUT2D eigenvalue weighted by molar-refractivity contribution is 6.06. The van der Waals surface area contributed by atoms with Crippen LogP contribution >= 0.6 is 0 Å². The van der Waals surface area contributed by atoms with Crippen LogP contribution in [0.2, 0.25) is 0 Å². The zero-order valence-corrected chi connectivity index (χ0v) is 15.7. The number of hydrogen-bond acceptors (Lipinski definition) is 7. The Morgan fingerprint density at radius 2 is 1.52 bits per heavy atom. The van der Waals surface area contributed by atoms with Crippen molar-refractivity contribution < 1.29 is 33.4 Å². The van der Waals surface area contributed by atoms with Crippen molar-refractivity contribution in [3.05, 3.63) is 11.1 Å². The summed E-state index contributed by atoms with van der Waals surface area (Å²) in [6.45, 7) is 6.76. The number of ketones is 1. The van der Waals surface area contributed by atoms with Gasteiger partial charge in [-0.05, 0) is 23.8 Å². The van der Waals surface area contributed by atoms with E-state index in [0.717, 1.165) is 0 Å². The fourth-order valence-corrected chi connectivity index (χ4v) is 3.08. The molecule has 0 aromatic rings.